The van der Waals surface area contributed by atoms with Crippen molar-refractivity contribution >= 4 is 10.9 Å². The summed E-state index contributed by atoms with van der Waals surface area (Å²) in [5.41, 5.74) is 2.20. The van der Waals surface area contributed by atoms with Crippen LogP contribution in [0.15, 0.2) is 24.4 Å². The quantitative estimate of drug-likeness (QED) is 0.851. The van der Waals surface area contributed by atoms with Crippen LogP contribution in [0.1, 0.15) is 12.0 Å². The standard InChI is InChI=1S/C14H18FN3/c15-12-2-3-14-13(8-12)11(9-17-14)10-18-6-1-4-16-5-7-18/h2-3,8-9,16-17H,1,4-7,10H2. The van der Waals surface area contributed by atoms with E-state index in [0.29, 0.717) is 0 Å². The molecule has 3 rings (SSSR count). The van der Waals surface area contributed by atoms with E-state index in [1.807, 2.05) is 6.20 Å². The molecule has 0 bridgehead atoms. The number of aromatic amines is 1. The number of halogens is 1. The van der Waals surface area contributed by atoms with E-state index in [1.165, 1.54) is 18.1 Å². The Morgan fingerprint density at radius 3 is 3.11 bits per heavy atom. The van der Waals surface area contributed by atoms with Gasteiger partial charge in [0.25, 0.3) is 0 Å². The van der Waals surface area contributed by atoms with Crippen LogP contribution in [0.2, 0.25) is 0 Å². The van der Waals surface area contributed by atoms with Gasteiger partial charge in [0, 0.05) is 36.7 Å². The van der Waals surface area contributed by atoms with Crippen LogP contribution in [0, 0.1) is 5.82 Å². The lowest BCUT2D eigenvalue weighted by Crippen LogP contribution is -2.27. The smallest absolute Gasteiger partial charge is 0.123 e. The fourth-order valence-corrected chi connectivity index (χ4v) is 2.58. The van der Waals surface area contributed by atoms with Gasteiger partial charge in [0.05, 0.1) is 0 Å². The summed E-state index contributed by atoms with van der Waals surface area (Å²) >= 11 is 0. The zero-order chi connectivity index (χ0) is 12.4. The summed E-state index contributed by atoms with van der Waals surface area (Å²) in [6, 6.07) is 4.92. The number of rotatable bonds is 2. The maximum absolute atomic E-state index is 13.3. The largest absolute Gasteiger partial charge is 0.361 e. The average Bonchev–Trinajstić information content (AvgIpc) is 2.60. The molecule has 0 aliphatic carbocycles. The van der Waals surface area contributed by atoms with Gasteiger partial charge in [0.1, 0.15) is 5.82 Å². The summed E-state index contributed by atoms with van der Waals surface area (Å²) in [5, 5.41) is 4.40. The van der Waals surface area contributed by atoms with Crippen LogP contribution in [-0.4, -0.2) is 36.1 Å². The van der Waals surface area contributed by atoms with Crippen molar-refractivity contribution in [3.05, 3.63) is 35.8 Å². The first kappa shape index (κ1) is 11.7. The molecule has 1 saturated heterocycles. The molecule has 3 nitrogen and oxygen atoms in total. The van der Waals surface area contributed by atoms with E-state index in [-0.39, 0.29) is 5.82 Å². The second-order valence-corrected chi connectivity index (χ2v) is 4.88. The Hall–Kier alpha value is -1.39. The molecule has 2 N–H and O–H groups in total. The lowest BCUT2D eigenvalue weighted by molar-refractivity contribution is 0.285. The summed E-state index contributed by atoms with van der Waals surface area (Å²) in [6.07, 6.45) is 3.18. The Morgan fingerprint density at radius 1 is 1.22 bits per heavy atom. The summed E-state index contributed by atoms with van der Waals surface area (Å²) in [5.74, 6) is -0.166. The van der Waals surface area contributed by atoms with Crippen LogP contribution in [0.4, 0.5) is 4.39 Å². The highest BCUT2D eigenvalue weighted by Crippen LogP contribution is 2.21. The molecule has 0 radical (unpaired) electrons. The van der Waals surface area contributed by atoms with E-state index in [9.17, 15) is 4.39 Å². The van der Waals surface area contributed by atoms with Crippen molar-refractivity contribution in [2.45, 2.75) is 13.0 Å². The van der Waals surface area contributed by atoms with Crippen molar-refractivity contribution in [3.63, 3.8) is 0 Å². The average molecular weight is 247 g/mol. The van der Waals surface area contributed by atoms with Crippen molar-refractivity contribution in [1.82, 2.24) is 15.2 Å². The predicted octanol–water partition coefficient (Wildman–Crippen LogP) is 2.10. The second kappa shape index (κ2) is 5.08. The minimum Gasteiger partial charge on any atom is -0.361 e. The summed E-state index contributed by atoms with van der Waals surface area (Å²) < 4.78 is 13.3. The lowest BCUT2D eigenvalue weighted by Gasteiger charge is -2.18. The third kappa shape index (κ3) is 2.40. The molecule has 0 saturated carbocycles. The topological polar surface area (TPSA) is 31.1 Å². The molecule has 1 aliphatic rings. The monoisotopic (exact) mass is 247 g/mol. The first-order chi connectivity index (χ1) is 8.83. The fraction of sp³-hybridized carbons (Fsp3) is 0.429. The van der Waals surface area contributed by atoms with Gasteiger partial charge in [-0.2, -0.15) is 0 Å². The van der Waals surface area contributed by atoms with Gasteiger partial charge in [-0.1, -0.05) is 0 Å². The number of aromatic nitrogens is 1. The van der Waals surface area contributed by atoms with Gasteiger partial charge in [0.2, 0.25) is 0 Å². The van der Waals surface area contributed by atoms with Crippen LogP contribution in [0.3, 0.4) is 0 Å². The Labute approximate surface area is 106 Å². The van der Waals surface area contributed by atoms with Gasteiger partial charge in [-0.3, -0.25) is 4.90 Å². The molecule has 18 heavy (non-hydrogen) atoms. The Kier molecular flexibility index (Phi) is 3.30. The van der Waals surface area contributed by atoms with E-state index >= 15 is 0 Å². The first-order valence-electron chi connectivity index (χ1n) is 6.51. The maximum Gasteiger partial charge on any atom is 0.123 e. The molecule has 2 heterocycles. The number of benzene rings is 1. The van der Waals surface area contributed by atoms with E-state index < -0.39 is 0 Å². The Bertz CT molecular complexity index is 527. The van der Waals surface area contributed by atoms with E-state index in [4.69, 9.17) is 0 Å². The highest BCUT2D eigenvalue weighted by atomic mass is 19.1. The van der Waals surface area contributed by atoms with E-state index in [2.05, 4.69) is 15.2 Å². The third-order valence-electron chi connectivity index (χ3n) is 3.56. The Morgan fingerprint density at radius 2 is 2.17 bits per heavy atom. The second-order valence-electron chi connectivity index (χ2n) is 4.88. The molecule has 0 amide bonds. The number of hydrogen-bond acceptors (Lipinski definition) is 2. The maximum atomic E-state index is 13.3. The number of nitrogens with zero attached hydrogens (tertiary/aromatic N) is 1. The van der Waals surface area contributed by atoms with Gasteiger partial charge in [0.15, 0.2) is 0 Å². The van der Waals surface area contributed by atoms with Crippen molar-refractivity contribution in [1.29, 1.82) is 0 Å². The van der Waals surface area contributed by atoms with Crippen LogP contribution in [0.25, 0.3) is 10.9 Å². The third-order valence-corrected chi connectivity index (χ3v) is 3.56. The van der Waals surface area contributed by atoms with Crippen LogP contribution in [-0.2, 0) is 6.54 Å². The molecule has 1 fully saturated rings. The zero-order valence-electron chi connectivity index (χ0n) is 10.4. The fourth-order valence-electron chi connectivity index (χ4n) is 2.58. The first-order valence-corrected chi connectivity index (χ1v) is 6.51. The van der Waals surface area contributed by atoms with Gasteiger partial charge in [-0.05, 0) is 43.3 Å². The SMILES string of the molecule is Fc1ccc2[nH]cc(CN3CCCNCC3)c2c1. The number of fused-ring (bicyclic) bond motifs is 1. The predicted molar refractivity (Wildman–Crippen MR) is 71.0 cm³/mol. The molecule has 4 heteroatoms. The summed E-state index contributed by atoms with van der Waals surface area (Å²) in [7, 11) is 0. The summed E-state index contributed by atoms with van der Waals surface area (Å²) in [6.45, 7) is 5.19. The van der Waals surface area contributed by atoms with Crippen LogP contribution in [0.5, 0.6) is 0 Å². The summed E-state index contributed by atoms with van der Waals surface area (Å²) in [4.78, 5) is 5.64. The Balaban J connectivity index is 1.83. The molecule has 1 aromatic carbocycles. The molecule has 0 atom stereocenters. The molecule has 0 unspecified atom stereocenters. The van der Waals surface area contributed by atoms with Crippen LogP contribution < -0.4 is 5.32 Å². The number of hydrogen-bond donors (Lipinski definition) is 2. The molecule has 0 spiro atoms. The number of nitrogens with one attached hydrogen (secondary N) is 2. The van der Waals surface area contributed by atoms with Crippen molar-refractivity contribution in [2.24, 2.45) is 0 Å². The highest BCUT2D eigenvalue weighted by Gasteiger charge is 2.12. The minimum absolute atomic E-state index is 0.166. The molecule has 1 aromatic heterocycles. The molecule has 96 valence electrons. The lowest BCUT2D eigenvalue weighted by atomic mass is 10.1. The van der Waals surface area contributed by atoms with Crippen LogP contribution >= 0.6 is 0 Å². The molecule has 2 aromatic rings. The normalized spacial score (nSPS) is 18.1. The van der Waals surface area contributed by atoms with Gasteiger partial charge >= 0.3 is 0 Å². The van der Waals surface area contributed by atoms with E-state index in [0.717, 1.165) is 43.6 Å². The van der Waals surface area contributed by atoms with Crippen molar-refractivity contribution < 1.29 is 4.39 Å². The van der Waals surface area contributed by atoms with Gasteiger partial charge < -0.3 is 10.3 Å². The number of H-pyrrole nitrogens is 1. The van der Waals surface area contributed by atoms with Gasteiger partial charge in [-0.15, -0.1) is 0 Å². The molecular weight excluding hydrogens is 229 g/mol. The van der Waals surface area contributed by atoms with Crippen molar-refractivity contribution in [3.8, 4) is 0 Å². The zero-order valence-corrected chi connectivity index (χ0v) is 10.4. The molecular formula is C14H18FN3. The van der Waals surface area contributed by atoms with Crippen molar-refractivity contribution in [2.75, 3.05) is 26.2 Å². The van der Waals surface area contributed by atoms with Gasteiger partial charge in [-0.25, -0.2) is 4.39 Å². The van der Waals surface area contributed by atoms with E-state index in [1.54, 1.807) is 12.1 Å². The highest BCUT2D eigenvalue weighted by molar-refractivity contribution is 5.83. The molecule has 1 aliphatic heterocycles. The minimum atomic E-state index is -0.166.